The number of carbonyl (C=O) groups is 2. The molecule has 0 aromatic heterocycles. The van der Waals surface area contributed by atoms with Gasteiger partial charge in [0.05, 0.1) is 24.2 Å². The number of hydrogen-bond donors (Lipinski definition) is 2. The fourth-order valence-corrected chi connectivity index (χ4v) is 3.15. The monoisotopic (exact) mass is 255 g/mol. The molecule has 1 heterocycles. The molecule has 1 aliphatic heterocycles. The predicted octanol–water partition coefficient (Wildman–Crippen LogP) is 0.439. The molecule has 2 N–H and O–H groups in total. The van der Waals surface area contributed by atoms with Crippen LogP contribution in [0.3, 0.4) is 0 Å². The lowest BCUT2D eigenvalue weighted by Crippen LogP contribution is -2.56. The van der Waals surface area contributed by atoms with E-state index in [4.69, 9.17) is 0 Å². The number of aliphatic hydroxyl groups is 2. The van der Waals surface area contributed by atoms with E-state index in [2.05, 4.69) is 0 Å². The van der Waals surface area contributed by atoms with E-state index in [1.54, 1.807) is 6.92 Å². The van der Waals surface area contributed by atoms with Gasteiger partial charge >= 0.3 is 0 Å². The van der Waals surface area contributed by atoms with Crippen LogP contribution < -0.4 is 0 Å². The SMILES string of the molecule is CC(CO)(CO)N1C(=O)CC2(CCCCC2)C1=O. The topological polar surface area (TPSA) is 77.8 Å². The first-order valence-electron chi connectivity index (χ1n) is 6.58. The molecule has 0 aromatic rings. The van der Waals surface area contributed by atoms with Crippen molar-refractivity contribution in [2.24, 2.45) is 5.41 Å². The molecule has 2 fully saturated rings. The lowest BCUT2D eigenvalue weighted by Gasteiger charge is -2.37. The molecule has 2 aliphatic rings. The lowest BCUT2D eigenvalue weighted by atomic mass is 9.73. The van der Waals surface area contributed by atoms with Crippen molar-refractivity contribution in [2.75, 3.05) is 13.2 Å². The van der Waals surface area contributed by atoms with Crippen LogP contribution in [0, 0.1) is 5.41 Å². The van der Waals surface area contributed by atoms with E-state index < -0.39 is 24.2 Å². The number of imide groups is 1. The van der Waals surface area contributed by atoms with Crippen molar-refractivity contribution >= 4 is 11.8 Å². The van der Waals surface area contributed by atoms with Gasteiger partial charge < -0.3 is 10.2 Å². The Hall–Kier alpha value is -0.940. The normalized spacial score (nSPS) is 24.1. The maximum Gasteiger partial charge on any atom is 0.236 e. The highest BCUT2D eigenvalue weighted by molar-refractivity contribution is 6.06. The van der Waals surface area contributed by atoms with Crippen LogP contribution in [0.25, 0.3) is 0 Å². The Kier molecular flexibility index (Phi) is 3.47. The van der Waals surface area contributed by atoms with E-state index in [9.17, 15) is 19.8 Å². The van der Waals surface area contributed by atoms with Crippen molar-refractivity contribution in [1.29, 1.82) is 0 Å². The number of hydrogen-bond acceptors (Lipinski definition) is 4. The highest BCUT2D eigenvalue weighted by Gasteiger charge is 2.56. The summed E-state index contributed by atoms with van der Waals surface area (Å²) in [5, 5.41) is 18.7. The zero-order valence-corrected chi connectivity index (χ0v) is 10.8. The summed E-state index contributed by atoms with van der Waals surface area (Å²) < 4.78 is 0. The van der Waals surface area contributed by atoms with Crippen LogP contribution in [-0.2, 0) is 9.59 Å². The summed E-state index contributed by atoms with van der Waals surface area (Å²) in [7, 11) is 0. The zero-order valence-electron chi connectivity index (χ0n) is 10.8. The summed E-state index contributed by atoms with van der Waals surface area (Å²) in [5.74, 6) is -0.453. The number of aliphatic hydroxyl groups excluding tert-OH is 2. The van der Waals surface area contributed by atoms with Crippen LogP contribution in [-0.4, -0.2) is 45.7 Å². The molecule has 18 heavy (non-hydrogen) atoms. The van der Waals surface area contributed by atoms with E-state index in [0.29, 0.717) is 0 Å². The second-order valence-electron chi connectivity index (χ2n) is 5.87. The third-order valence-electron chi connectivity index (χ3n) is 4.43. The standard InChI is InChI=1S/C13H21NO4/c1-12(8-15,9-16)14-10(17)7-13(11(14)18)5-3-2-4-6-13/h15-16H,2-9H2,1H3. The molecular formula is C13H21NO4. The molecule has 1 saturated carbocycles. The summed E-state index contributed by atoms with van der Waals surface area (Å²) in [6, 6.07) is 0. The number of rotatable bonds is 3. The predicted molar refractivity (Wildman–Crippen MR) is 64.6 cm³/mol. The summed E-state index contributed by atoms with van der Waals surface area (Å²) in [6.45, 7) is 0.735. The third kappa shape index (κ3) is 1.86. The Bertz CT molecular complexity index is 356. The smallest absolute Gasteiger partial charge is 0.236 e. The van der Waals surface area contributed by atoms with Crippen LogP contribution in [0.2, 0.25) is 0 Å². The molecular weight excluding hydrogens is 234 g/mol. The van der Waals surface area contributed by atoms with Crippen LogP contribution in [0.4, 0.5) is 0 Å². The summed E-state index contributed by atoms with van der Waals surface area (Å²) >= 11 is 0. The van der Waals surface area contributed by atoms with Gasteiger partial charge in [0.25, 0.3) is 0 Å². The lowest BCUT2D eigenvalue weighted by molar-refractivity contribution is -0.152. The Balaban J connectivity index is 2.29. The Labute approximate surface area is 107 Å². The molecule has 0 atom stereocenters. The van der Waals surface area contributed by atoms with Gasteiger partial charge in [0, 0.05) is 6.42 Å². The molecule has 102 valence electrons. The van der Waals surface area contributed by atoms with E-state index in [1.807, 2.05) is 0 Å². The van der Waals surface area contributed by atoms with Gasteiger partial charge in [-0.05, 0) is 19.8 Å². The van der Waals surface area contributed by atoms with E-state index in [1.165, 1.54) is 0 Å². The van der Waals surface area contributed by atoms with Gasteiger partial charge in [-0.15, -0.1) is 0 Å². The Morgan fingerprint density at radius 2 is 1.72 bits per heavy atom. The van der Waals surface area contributed by atoms with Crippen molar-refractivity contribution in [3.63, 3.8) is 0 Å². The van der Waals surface area contributed by atoms with Crippen LogP contribution in [0.5, 0.6) is 0 Å². The van der Waals surface area contributed by atoms with E-state index in [-0.39, 0.29) is 18.2 Å². The number of amides is 2. The van der Waals surface area contributed by atoms with Crippen molar-refractivity contribution in [3.05, 3.63) is 0 Å². The molecule has 1 aliphatic carbocycles. The Morgan fingerprint density at radius 3 is 2.22 bits per heavy atom. The number of carbonyl (C=O) groups excluding carboxylic acids is 2. The average molecular weight is 255 g/mol. The Morgan fingerprint density at radius 1 is 1.17 bits per heavy atom. The highest BCUT2D eigenvalue weighted by atomic mass is 16.3. The minimum Gasteiger partial charge on any atom is -0.394 e. The average Bonchev–Trinajstić information content (AvgIpc) is 2.62. The number of nitrogens with zero attached hydrogens (tertiary/aromatic N) is 1. The first-order chi connectivity index (χ1) is 8.49. The minimum absolute atomic E-state index is 0.196. The first-order valence-corrected chi connectivity index (χ1v) is 6.58. The molecule has 5 heteroatoms. The van der Waals surface area contributed by atoms with Crippen molar-refractivity contribution < 1.29 is 19.8 Å². The van der Waals surface area contributed by atoms with Gasteiger partial charge in [-0.3, -0.25) is 14.5 Å². The van der Waals surface area contributed by atoms with Crippen molar-refractivity contribution in [2.45, 2.75) is 51.0 Å². The first kappa shape index (κ1) is 13.5. The van der Waals surface area contributed by atoms with Gasteiger partial charge in [0.1, 0.15) is 0 Å². The quantitative estimate of drug-likeness (QED) is 0.717. The van der Waals surface area contributed by atoms with Gasteiger partial charge in [0.15, 0.2) is 0 Å². The van der Waals surface area contributed by atoms with Crippen molar-refractivity contribution in [1.82, 2.24) is 4.90 Å². The minimum atomic E-state index is -1.17. The van der Waals surface area contributed by atoms with Crippen LogP contribution >= 0.6 is 0 Å². The van der Waals surface area contributed by atoms with Gasteiger partial charge in [0.2, 0.25) is 11.8 Å². The van der Waals surface area contributed by atoms with Gasteiger partial charge in [-0.25, -0.2) is 0 Å². The van der Waals surface area contributed by atoms with E-state index >= 15 is 0 Å². The molecule has 2 rings (SSSR count). The zero-order chi connectivity index (χ0) is 13.4. The molecule has 0 radical (unpaired) electrons. The summed E-state index contributed by atoms with van der Waals surface area (Å²) in [4.78, 5) is 25.8. The molecule has 1 spiro atoms. The fourth-order valence-electron chi connectivity index (χ4n) is 3.15. The molecule has 0 aromatic carbocycles. The second kappa shape index (κ2) is 4.63. The van der Waals surface area contributed by atoms with E-state index in [0.717, 1.165) is 37.0 Å². The van der Waals surface area contributed by atoms with Gasteiger partial charge in [-0.1, -0.05) is 19.3 Å². The van der Waals surface area contributed by atoms with Crippen molar-refractivity contribution in [3.8, 4) is 0 Å². The summed E-state index contributed by atoms with van der Waals surface area (Å²) in [5.41, 5.74) is -1.73. The highest BCUT2D eigenvalue weighted by Crippen LogP contribution is 2.46. The molecule has 2 amide bonds. The maximum absolute atomic E-state index is 12.5. The summed E-state index contributed by atoms with van der Waals surface area (Å²) in [6.07, 6.45) is 4.80. The molecule has 1 saturated heterocycles. The molecule has 0 bridgehead atoms. The molecule has 5 nitrogen and oxygen atoms in total. The largest absolute Gasteiger partial charge is 0.394 e. The second-order valence-corrected chi connectivity index (χ2v) is 5.87. The maximum atomic E-state index is 12.5. The van der Waals surface area contributed by atoms with Gasteiger partial charge in [-0.2, -0.15) is 0 Å². The van der Waals surface area contributed by atoms with Crippen LogP contribution in [0.1, 0.15) is 45.4 Å². The van der Waals surface area contributed by atoms with Crippen LogP contribution in [0.15, 0.2) is 0 Å². The third-order valence-corrected chi connectivity index (χ3v) is 4.43. The fraction of sp³-hybridized carbons (Fsp3) is 0.846. The number of likely N-dealkylation sites (tertiary alicyclic amines) is 1. The molecule has 0 unspecified atom stereocenters.